The standard InChI is InChI=1S/C10H8BrNO/c1-6-5-12-9-4-7(11)2-3-8(9)10(6)13/h2-5H,1H3,(H,12,13). The quantitative estimate of drug-likeness (QED) is 0.751. The molecule has 0 spiro atoms. The number of H-pyrrole nitrogens is 1. The third kappa shape index (κ3) is 1.40. The van der Waals surface area contributed by atoms with Crippen molar-refractivity contribution in [2.45, 2.75) is 6.92 Å². The second-order valence-electron chi connectivity index (χ2n) is 2.99. The van der Waals surface area contributed by atoms with Crippen LogP contribution in [-0.2, 0) is 0 Å². The summed E-state index contributed by atoms with van der Waals surface area (Å²) >= 11 is 3.35. The Morgan fingerprint density at radius 2 is 2.15 bits per heavy atom. The smallest absolute Gasteiger partial charge is 0.192 e. The van der Waals surface area contributed by atoms with E-state index in [0.717, 1.165) is 20.9 Å². The largest absolute Gasteiger partial charge is 0.361 e. The maximum absolute atomic E-state index is 11.6. The average molecular weight is 238 g/mol. The van der Waals surface area contributed by atoms with E-state index in [9.17, 15) is 4.79 Å². The van der Waals surface area contributed by atoms with Crippen LogP contribution in [0, 0.1) is 6.92 Å². The normalized spacial score (nSPS) is 10.6. The highest BCUT2D eigenvalue weighted by Gasteiger charge is 2.00. The molecule has 1 heterocycles. The number of halogens is 1. The van der Waals surface area contributed by atoms with Crippen LogP contribution in [0.1, 0.15) is 5.56 Å². The van der Waals surface area contributed by atoms with Gasteiger partial charge in [0.1, 0.15) is 0 Å². The van der Waals surface area contributed by atoms with Crippen LogP contribution in [0.15, 0.2) is 33.7 Å². The minimum absolute atomic E-state index is 0.0984. The monoisotopic (exact) mass is 237 g/mol. The lowest BCUT2D eigenvalue weighted by Gasteiger charge is -1.99. The van der Waals surface area contributed by atoms with E-state index in [1.54, 1.807) is 13.1 Å². The van der Waals surface area contributed by atoms with Crippen molar-refractivity contribution in [3.63, 3.8) is 0 Å². The van der Waals surface area contributed by atoms with E-state index in [-0.39, 0.29) is 5.43 Å². The molecule has 0 saturated carbocycles. The summed E-state index contributed by atoms with van der Waals surface area (Å²) in [5, 5.41) is 0.739. The third-order valence-electron chi connectivity index (χ3n) is 2.03. The summed E-state index contributed by atoms with van der Waals surface area (Å²) in [6.07, 6.45) is 1.73. The molecule has 13 heavy (non-hydrogen) atoms. The first-order chi connectivity index (χ1) is 6.18. The summed E-state index contributed by atoms with van der Waals surface area (Å²) in [5.74, 6) is 0. The van der Waals surface area contributed by atoms with Crippen LogP contribution < -0.4 is 5.43 Å². The van der Waals surface area contributed by atoms with Gasteiger partial charge in [0.25, 0.3) is 0 Å². The second-order valence-corrected chi connectivity index (χ2v) is 3.91. The van der Waals surface area contributed by atoms with Gasteiger partial charge in [0.15, 0.2) is 5.43 Å². The Bertz CT molecular complexity index is 516. The van der Waals surface area contributed by atoms with E-state index in [2.05, 4.69) is 20.9 Å². The lowest BCUT2D eigenvalue weighted by Crippen LogP contribution is -2.05. The Morgan fingerprint density at radius 3 is 2.92 bits per heavy atom. The van der Waals surface area contributed by atoms with Crippen LogP contribution in [0.25, 0.3) is 10.9 Å². The molecule has 0 atom stereocenters. The van der Waals surface area contributed by atoms with Crippen molar-refractivity contribution >= 4 is 26.8 Å². The van der Waals surface area contributed by atoms with Crippen molar-refractivity contribution in [3.05, 3.63) is 44.7 Å². The first kappa shape index (κ1) is 8.51. The molecule has 1 aromatic heterocycles. The summed E-state index contributed by atoms with van der Waals surface area (Å²) in [6, 6.07) is 5.60. The first-order valence-electron chi connectivity index (χ1n) is 3.96. The third-order valence-corrected chi connectivity index (χ3v) is 2.52. The zero-order valence-electron chi connectivity index (χ0n) is 7.10. The molecule has 1 aromatic carbocycles. The van der Waals surface area contributed by atoms with Gasteiger partial charge in [-0.05, 0) is 25.1 Å². The number of aryl methyl sites for hydroxylation is 1. The van der Waals surface area contributed by atoms with E-state index < -0.39 is 0 Å². The molecule has 0 fully saturated rings. The molecule has 0 aliphatic rings. The maximum Gasteiger partial charge on any atom is 0.192 e. The highest BCUT2D eigenvalue weighted by Crippen LogP contribution is 2.15. The number of pyridine rings is 1. The summed E-state index contributed by atoms with van der Waals surface area (Å²) in [5.41, 5.74) is 1.71. The average Bonchev–Trinajstić information content (AvgIpc) is 2.12. The summed E-state index contributed by atoms with van der Waals surface area (Å²) < 4.78 is 0.972. The van der Waals surface area contributed by atoms with Gasteiger partial charge in [0, 0.05) is 21.6 Å². The number of rotatable bonds is 0. The van der Waals surface area contributed by atoms with Gasteiger partial charge in [0.2, 0.25) is 0 Å². The van der Waals surface area contributed by atoms with Crippen LogP contribution in [0.3, 0.4) is 0 Å². The molecule has 66 valence electrons. The molecule has 2 nitrogen and oxygen atoms in total. The van der Waals surface area contributed by atoms with Crippen molar-refractivity contribution in [1.82, 2.24) is 4.98 Å². The van der Waals surface area contributed by atoms with Crippen molar-refractivity contribution in [3.8, 4) is 0 Å². The molecule has 2 aromatic rings. The van der Waals surface area contributed by atoms with Gasteiger partial charge in [-0.15, -0.1) is 0 Å². The predicted molar refractivity (Wildman–Crippen MR) is 57.0 cm³/mol. The molecule has 0 bridgehead atoms. The Morgan fingerprint density at radius 1 is 1.38 bits per heavy atom. The van der Waals surface area contributed by atoms with Crippen molar-refractivity contribution < 1.29 is 0 Å². The van der Waals surface area contributed by atoms with E-state index in [0.29, 0.717) is 0 Å². The van der Waals surface area contributed by atoms with Crippen molar-refractivity contribution in [2.75, 3.05) is 0 Å². The van der Waals surface area contributed by atoms with E-state index in [1.807, 2.05) is 18.2 Å². The lowest BCUT2D eigenvalue weighted by atomic mass is 10.2. The lowest BCUT2D eigenvalue weighted by molar-refractivity contribution is 1.30. The number of aromatic nitrogens is 1. The molecular weight excluding hydrogens is 230 g/mol. The van der Waals surface area contributed by atoms with Gasteiger partial charge in [-0.1, -0.05) is 15.9 Å². The minimum Gasteiger partial charge on any atom is -0.361 e. The van der Waals surface area contributed by atoms with Gasteiger partial charge < -0.3 is 4.98 Å². The first-order valence-corrected chi connectivity index (χ1v) is 4.75. The summed E-state index contributed by atoms with van der Waals surface area (Å²) in [7, 11) is 0. The van der Waals surface area contributed by atoms with Gasteiger partial charge >= 0.3 is 0 Å². The van der Waals surface area contributed by atoms with Crippen LogP contribution in [0.2, 0.25) is 0 Å². The summed E-state index contributed by atoms with van der Waals surface area (Å²) in [6.45, 7) is 1.81. The van der Waals surface area contributed by atoms with Gasteiger partial charge in [-0.25, -0.2) is 0 Å². The van der Waals surface area contributed by atoms with Crippen LogP contribution >= 0.6 is 15.9 Å². The Hall–Kier alpha value is -1.09. The molecular formula is C10H8BrNO. The topological polar surface area (TPSA) is 32.9 Å². The molecule has 0 saturated heterocycles. The molecule has 3 heteroatoms. The minimum atomic E-state index is 0.0984. The molecule has 0 radical (unpaired) electrons. The van der Waals surface area contributed by atoms with Gasteiger partial charge in [-0.3, -0.25) is 4.79 Å². The number of fused-ring (bicyclic) bond motifs is 1. The van der Waals surface area contributed by atoms with Crippen LogP contribution in [0.4, 0.5) is 0 Å². The number of hydrogen-bond donors (Lipinski definition) is 1. The number of aromatic amines is 1. The molecule has 0 amide bonds. The second kappa shape index (κ2) is 3.00. The SMILES string of the molecule is Cc1c[nH]c2cc(Br)ccc2c1=O. The predicted octanol–water partition coefficient (Wildman–Crippen LogP) is 2.60. The van der Waals surface area contributed by atoms with Gasteiger partial charge in [-0.2, -0.15) is 0 Å². The van der Waals surface area contributed by atoms with Crippen LogP contribution in [-0.4, -0.2) is 4.98 Å². The molecule has 0 aliphatic carbocycles. The van der Waals surface area contributed by atoms with Gasteiger partial charge in [0.05, 0.1) is 5.52 Å². The molecule has 0 aliphatic heterocycles. The fraction of sp³-hybridized carbons (Fsp3) is 0.100. The highest BCUT2D eigenvalue weighted by atomic mass is 79.9. The maximum atomic E-state index is 11.6. The molecule has 1 N–H and O–H groups in total. The van der Waals surface area contributed by atoms with Crippen molar-refractivity contribution in [1.29, 1.82) is 0 Å². The molecule has 0 unspecified atom stereocenters. The Balaban J connectivity index is 2.95. The van der Waals surface area contributed by atoms with E-state index >= 15 is 0 Å². The Labute approximate surface area is 83.7 Å². The van der Waals surface area contributed by atoms with Crippen molar-refractivity contribution in [2.24, 2.45) is 0 Å². The number of benzene rings is 1. The highest BCUT2D eigenvalue weighted by molar-refractivity contribution is 9.10. The van der Waals surface area contributed by atoms with E-state index in [4.69, 9.17) is 0 Å². The fourth-order valence-corrected chi connectivity index (χ4v) is 1.66. The fourth-order valence-electron chi connectivity index (χ4n) is 1.30. The summed E-state index contributed by atoms with van der Waals surface area (Å²) in [4.78, 5) is 14.7. The molecule has 2 rings (SSSR count). The Kier molecular flexibility index (Phi) is 1.96. The van der Waals surface area contributed by atoms with E-state index in [1.165, 1.54) is 0 Å². The zero-order chi connectivity index (χ0) is 9.42. The van der Waals surface area contributed by atoms with Crippen LogP contribution in [0.5, 0.6) is 0 Å². The zero-order valence-corrected chi connectivity index (χ0v) is 8.68. The number of nitrogens with one attached hydrogen (secondary N) is 1. The number of hydrogen-bond acceptors (Lipinski definition) is 1.